The molecule has 35 heavy (non-hydrogen) atoms. The second-order valence-corrected chi connectivity index (χ2v) is 9.33. The minimum atomic E-state index is -0.322. The average Bonchev–Trinajstić information content (AvgIpc) is 2.80. The van der Waals surface area contributed by atoms with Gasteiger partial charge in [0.15, 0.2) is 5.65 Å². The summed E-state index contributed by atoms with van der Waals surface area (Å²) in [7, 11) is 1.87. The van der Waals surface area contributed by atoms with Crippen molar-refractivity contribution in [1.29, 1.82) is 0 Å². The highest BCUT2D eigenvalue weighted by Crippen LogP contribution is 2.27. The van der Waals surface area contributed by atoms with Crippen molar-refractivity contribution in [1.82, 2.24) is 25.2 Å². The summed E-state index contributed by atoms with van der Waals surface area (Å²) in [5.41, 5.74) is 4.40. The van der Waals surface area contributed by atoms with Gasteiger partial charge < -0.3 is 10.6 Å². The second-order valence-electron chi connectivity index (χ2n) is 8.89. The van der Waals surface area contributed by atoms with E-state index in [-0.39, 0.29) is 24.1 Å². The van der Waals surface area contributed by atoms with E-state index in [1.165, 1.54) is 4.57 Å². The molecule has 0 fully saturated rings. The van der Waals surface area contributed by atoms with Gasteiger partial charge in [0.05, 0.1) is 5.39 Å². The summed E-state index contributed by atoms with van der Waals surface area (Å²) >= 11 is 6.34. The number of carbonyl (C=O) groups excluding carboxylic acids is 1. The fraction of sp³-hybridized carbons (Fsp3) is 0.259. The minimum Gasteiger partial charge on any atom is -0.352 e. The zero-order valence-corrected chi connectivity index (χ0v) is 21.0. The molecule has 0 aliphatic heterocycles. The Morgan fingerprint density at radius 1 is 1.09 bits per heavy atom. The lowest BCUT2D eigenvalue weighted by molar-refractivity contribution is -0.122. The Morgan fingerprint density at radius 3 is 2.60 bits per heavy atom. The van der Waals surface area contributed by atoms with Crippen LogP contribution in [-0.4, -0.2) is 33.5 Å². The Labute approximate surface area is 209 Å². The average molecular weight is 490 g/mol. The van der Waals surface area contributed by atoms with Gasteiger partial charge in [0, 0.05) is 34.9 Å². The third-order valence-electron chi connectivity index (χ3n) is 5.51. The summed E-state index contributed by atoms with van der Waals surface area (Å²) < 4.78 is 1.42. The molecule has 0 aliphatic rings. The van der Waals surface area contributed by atoms with Crippen LogP contribution in [0.15, 0.2) is 59.5 Å². The number of nitrogens with one attached hydrogen (secondary N) is 2. The van der Waals surface area contributed by atoms with Crippen LogP contribution in [0.1, 0.15) is 25.0 Å². The van der Waals surface area contributed by atoms with Gasteiger partial charge in [0.25, 0.3) is 5.56 Å². The second kappa shape index (κ2) is 10.4. The van der Waals surface area contributed by atoms with Crippen molar-refractivity contribution in [3.8, 4) is 22.5 Å². The monoisotopic (exact) mass is 489 g/mol. The van der Waals surface area contributed by atoms with Gasteiger partial charge in [-0.1, -0.05) is 35.4 Å². The molecule has 0 atom stereocenters. The fourth-order valence-corrected chi connectivity index (χ4v) is 4.31. The number of rotatable bonds is 7. The Kier molecular flexibility index (Phi) is 7.28. The van der Waals surface area contributed by atoms with Crippen LogP contribution in [0.4, 0.5) is 0 Å². The SMILES string of the molecule is CNCc1cc(Cl)cc(-c2cnc3nc(-c4cccc(C)c4)n(CC(=O)NC(C)C)c(=O)c3c2)c1. The number of hydrogen-bond donors (Lipinski definition) is 2. The van der Waals surface area contributed by atoms with Crippen molar-refractivity contribution < 1.29 is 4.79 Å². The Morgan fingerprint density at radius 2 is 1.89 bits per heavy atom. The van der Waals surface area contributed by atoms with Crippen LogP contribution < -0.4 is 16.2 Å². The van der Waals surface area contributed by atoms with Crippen molar-refractivity contribution in [2.45, 2.75) is 39.9 Å². The number of nitrogens with zero attached hydrogens (tertiary/aromatic N) is 3. The van der Waals surface area contributed by atoms with Crippen LogP contribution in [0.2, 0.25) is 5.02 Å². The molecule has 4 rings (SSSR count). The summed E-state index contributed by atoms with van der Waals surface area (Å²) in [5, 5.41) is 6.91. The molecule has 2 aromatic carbocycles. The third-order valence-corrected chi connectivity index (χ3v) is 5.73. The molecule has 0 saturated heterocycles. The molecule has 8 heteroatoms. The van der Waals surface area contributed by atoms with Crippen LogP contribution in [0.3, 0.4) is 0 Å². The predicted octanol–water partition coefficient (Wildman–Crippen LogP) is 4.33. The summed E-state index contributed by atoms with van der Waals surface area (Å²) in [4.78, 5) is 35.6. The van der Waals surface area contributed by atoms with E-state index in [0.717, 1.165) is 27.8 Å². The van der Waals surface area contributed by atoms with Gasteiger partial charge in [-0.25, -0.2) is 9.97 Å². The molecule has 0 aliphatic carbocycles. The Balaban J connectivity index is 1.90. The van der Waals surface area contributed by atoms with E-state index in [4.69, 9.17) is 16.6 Å². The first-order valence-corrected chi connectivity index (χ1v) is 11.8. The van der Waals surface area contributed by atoms with Gasteiger partial charge >= 0.3 is 0 Å². The molecule has 2 N–H and O–H groups in total. The van der Waals surface area contributed by atoms with E-state index in [0.29, 0.717) is 28.4 Å². The molecule has 0 unspecified atom stereocenters. The number of pyridine rings is 1. The van der Waals surface area contributed by atoms with E-state index >= 15 is 0 Å². The zero-order chi connectivity index (χ0) is 25.1. The lowest BCUT2D eigenvalue weighted by Gasteiger charge is -2.15. The van der Waals surface area contributed by atoms with Gasteiger partial charge in [-0.15, -0.1) is 0 Å². The molecular formula is C27H28ClN5O2. The lowest BCUT2D eigenvalue weighted by Crippen LogP contribution is -2.37. The summed E-state index contributed by atoms with van der Waals surface area (Å²) in [5.74, 6) is 0.150. The van der Waals surface area contributed by atoms with Gasteiger partial charge in [-0.05, 0) is 69.3 Å². The highest BCUT2D eigenvalue weighted by molar-refractivity contribution is 6.31. The molecule has 0 radical (unpaired) electrons. The smallest absolute Gasteiger partial charge is 0.263 e. The Hall–Kier alpha value is -3.55. The van der Waals surface area contributed by atoms with Gasteiger partial charge in [0.1, 0.15) is 12.4 Å². The lowest BCUT2D eigenvalue weighted by atomic mass is 10.0. The van der Waals surface area contributed by atoms with Crippen LogP contribution in [0.25, 0.3) is 33.5 Å². The van der Waals surface area contributed by atoms with Crippen LogP contribution in [0, 0.1) is 6.92 Å². The molecule has 0 spiro atoms. The highest BCUT2D eigenvalue weighted by atomic mass is 35.5. The first kappa shape index (κ1) is 24.6. The molecule has 180 valence electrons. The molecule has 2 aromatic heterocycles. The number of aryl methyl sites for hydroxylation is 1. The number of carbonyl (C=O) groups is 1. The Bertz CT molecular complexity index is 1460. The van der Waals surface area contributed by atoms with Crippen molar-refractivity contribution in [2.24, 2.45) is 0 Å². The van der Waals surface area contributed by atoms with Gasteiger partial charge in [0.2, 0.25) is 5.91 Å². The predicted molar refractivity (Wildman–Crippen MR) is 140 cm³/mol. The molecule has 0 saturated carbocycles. The first-order valence-electron chi connectivity index (χ1n) is 11.5. The number of hydrogen-bond acceptors (Lipinski definition) is 5. The van der Waals surface area contributed by atoms with Crippen LogP contribution >= 0.6 is 11.6 Å². The molecule has 1 amide bonds. The number of benzene rings is 2. The van der Waals surface area contributed by atoms with Gasteiger partial charge in [-0.2, -0.15) is 0 Å². The maximum atomic E-state index is 13.7. The first-order chi connectivity index (χ1) is 16.7. The fourth-order valence-electron chi connectivity index (χ4n) is 4.05. The maximum absolute atomic E-state index is 13.7. The molecule has 7 nitrogen and oxygen atoms in total. The quantitative estimate of drug-likeness (QED) is 0.403. The molecule has 0 bridgehead atoms. The maximum Gasteiger partial charge on any atom is 0.263 e. The van der Waals surface area contributed by atoms with Gasteiger partial charge in [-0.3, -0.25) is 14.2 Å². The summed E-state index contributed by atoms with van der Waals surface area (Å²) in [6.07, 6.45) is 1.69. The number of halogens is 1. The normalized spacial score (nSPS) is 11.3. The van der Waals surface area contributed by atoms with Crippen molar-refractivity contribution >= 4 is 28.5 Å². The van der Waals surface area contributed by atoms with E-state index in [1.807, 2.05) is 70.3 Å². The van der Waals surface area contributed by atoms with Crippen molar-refractivity contribution in [2.75, 3.05) is 7.05 Å². The number of fused-ring (bicyclic) bond motifs is 1. The summed E-state index contributed by atoms with van der Waals surface area (Å²) in [6, 6.07) is 15.1. The van der Waals surface area contributed by atoms with Crippen molar-refractivity contribution in [3.63, 3.8) is 0 Å². The highest BCUT2D eigenvalue weighted by Gasteiger charge is 2.18. The molecular weight excluding hydrogens is 462 g/mol. The molecule has 2 heterocycles. The standard InChI is InChI=1S/C27H28ClN5O2/c1-16(2)31-24(34)15-33-26(19-7-5-6-17(3)8-19)32-25-23(27(33)35)12-21(14-30-25)20-9-18(13-29-4)10-22(28)11-20/h5-12,14,16,29H,13,15H2,1-4H3,(H,31,34). The largest absolute Gasteiger partial charge is 0.352 e. The zero-order valence-electron chi connectivity index (χ0n) is 20.2. The van der Waals surface area contributed by atoms with E-state index in [2.05, 4.69) is 15.6 Å². The topological polar surface area (TPSA) is 88.9 Å². The van der Waals surface area contributed by atoms with E-state index in [9.17, 15) is 9.59 Å². The number of amides is 1. The molecule has 4 aromatic rings. The van der Waals surface area contributed by atoms with Crippen LogP contribution in [0.5, 0.6) is 0 Å². The van der Waals surface area contributed by atoms with Crippen LogP contribution in [-0.2, 0) is 17.9 Å². The third kappa shape index (κ3) is 5.58. The van der Waals surface area contributed by atoms with Crippen molar-refractivity contribution in [3.05, 3.63) is 81.2 Å². The summed E-state index contributed by atoms with van der Waals surface area (Å²) in [6.45, 7) is 6.25. The minimum absolute atomic E-state index is 0.0445. The van der Waals surface area contributed by atoms with E-state index in [1.54, 1.807) is 12.3 Å². The van der Waals surface area contributed by atoms with E-state index < -0.39 is 0 Å². The number of aromatic nitrogens is 3.